The number of carbonyl (C=O) groups excluding carboxylic acids is 2. The molecule has 0 saturated heterocycles. The molecule has 0 aliphatic carbocycles. The van der Waals surface area contributed by atoms with E-state index in [-0.39, 0.29) is 18.6 Å². The smallest absolute Gasteiger partial charge is 0.404 e. The van der Waals surface area contributed by atoms with Crippen LogP contribution in [0.2, 0.25) is 0 Å². The molecule has 0 spiro atoms. The number of hydrogen-bond donors (Lipinski definition) is 1. The van der Waals surface area contributed by atoms with Crippen molar-refractivity contribution in [3.05, 3.63) is 75.7 Å². The normalized spacial score (nSPS) is 14.3. The largest absolute Gasteiger partial charge is 0.485 e. The van der Waals surface area contributed by atoms with Crippen LogP contribution in [0, 0.1) is 6.92 Å². The zero-order valence-electron chi connectivity index (χ0n) is 20.0. The Morgan fingerprint density at radius 1 is 1.23 bits per heavy atom. The second-order valence-corrected chi connectivity index (χ2v) is 9.55. The summed E-state index contributed by atoms with van der Waals surface area (Å²) >= 11 is 1.63. The molecule has 184 valence electrons. The van der Waals surface area contributed by atoms with E-state index in [2.05, 4.69) is 9.88 Å². The van der Waals surface area contributed by atoms with Crippen molar-refractivity contribution >= 4 is 29.0 Å². The van der Waals surface area contributed by atoms with Crippen molar-refractivity contribution in [1.82, 2.24) is 9.88 Å². The standard InChI is InChI=1S/C26H30N4O4S/c1-18-15-22-21(16-28-18)25(31)30(12-11-29(22)2)17-19-7-9-20(10-8-19)34-23(24-6-4-14-35-24)5-3-13-33-26(27)32/h4,6-10,14-16,23H,3,5,11-13,17H2,1-2H3,(H2,27,32)/t23-/m0/s1. The van der Waals surface area contributed by atoms with E-state index in [0.29, 0.717) is 31.5 Å². The SMILES string of the molecule is Cc1cc2c(cn1)C(=O)N(Cc1ccc(O[C@@H](CCCOC(N)=O)c3cccs3)cc1)CCN2C. The van der Waals surface area contributed by atoms with E-state index in [1.54, 1.807) is 17.5 Å². The molecule has 2 aromatic heterocycles. The van der Waals surface area contributed by atoms with E-state index in [4.69, 9.17) is 15.2 Å². The minimum Gasteiger partial charge on any atom is -0.485 e. The molecule has 0 unspecified atom stereocenters. The number of benzene rings is 1. The Kier molecular flexibility index (Phi) is 7.87. The van der Waals surface area contributed by atoms with E-state index in [0.717, 1.165) is 34.1 Å². The van der Waals surface area contributed by atoms with Gasteiger partial charge >= 0.3 is 6.09 Å². The molecule has 1 atom stereocenters. The van der Waals surface area contributed by atoms with Gasteiger partial charge in [-0.1, -0.05) is 18.2 Å². The summed E-state index contributed by atoms with van der Waals surface area (Å²) in [4.78, 5) is 33.4. The van der Waals surface area contributed by atoms with E-state index in [1.807, 2.05) is 66.7 Å². The highest BCUT2D eigenvalue weighted by molar-refractivity contribution is 7.10. The molecule has 9 heteroatoms. The summed E-state index contributed by atoms with van der Waals surface area (Å²) in [6, 6.07) is 13.8. The Balaban J connectivity index is 1.41. The Morgan fingerprint density at radius 2 is 2.03 bits per heavy atom. The molecular weight excluding hydrogens is 464 g/mol. The minimum atomic E-state index is -0.765. The zero-order valence-corrected chi connectivity index (χ0v) is 20.8. The van der Waals surface area contributed by atoms with E-state index in [9.17, 15) is 9.59 Å². The molecule has 1 aliphatic heterocycles. The van der Waals surface area contributed by atoms with Crippen molar-refractivity contribution in [2.24, 2.45) is 5.73 Å². The summed E-state index contributed by atoms with van der Waals surface area (Å²) in [5.41, 5.74) is 8.53. The zero-order chi connectivity index (χ0) is 24.8. The summed E-state index contributed by atoms with van der Waals surface area (Å²) in [7, 11) is 2.01. The lowest BCUT2D eigenvalue weighted by molar-refractivity contribution is 0.0754. The number of aryl methyl sites for hydroxylation is 1. The first-order valence-electron chi connectivity index (χ1n) is 11.6. The summed E-state index contributed by atoms with van der Waals surface area (Å²) in [5, 5.41) is 2.01. The quantitative estimate of drug-likeness (QED) is 0.439. The van der Waals surface area contributed by atoms with Crippen LogP contribution >= 0.6 is 11.3 Å². The predicted octanol–water partition coefficient (Wildman–Crippen LogP) is 4.54. The number of nitrogens with zero attached hydrogens (tertiary/aromatic N) is 3. The molecule has 2 N–H and O–H groups in total. The highest BCUT2D eigenvalue weighted by atomic mass is 32.1. The highest BCUT2D eigenvalue weighted by Crippen LogP contribution is 2.30. The molecule has 0 fully saturated rings. The van der Waals surface area contributed by atoms with Crippen LogP contribution in [0.15, 0.2) is 54.0 Å². The van der Waals surface area contributed by atoms with Crippen LogP contribution in [0.1, 0.15) is 45.4 Å². The van der Waals surface area contributed by atoms with Crippen LogP contribution in [-0.2, 0) is 11.3 Å². The monoisotopic (exact) mass is 494 g/mol. The molecule has 0 radical (unpaired) electrons. The average molecular weight is 495 g/mol. The predicted molar refractivity (Wildman–Crippen MR) is 136 cm³/mol. The van der Waals surface area contributed by atoms with Gasteiger partial charge in [-0.3, -0.25) is 9.78 Å². The van der Waals surface area contributed by atoms with Crippen molar-refractivity contribution in [3.8, 4) is 5.75 Å². The van der Waals surface area contributed by atoms with E-state index >= 15 is 0 Å². The third-order valence-electron chi connectivity index (χ3n) is 5.94. The lowest BCUT2D eigenvalue weighted by Gasteiger charge is -2.22. The van der Waals surface area contributed by atoms with Gasteiger partial charge in [-0.25, -0.2) is 4.79 Å². The minimum absolute atomic E-state index is 0.00637. The van der Waals surface area contributed by atoms with Gasteiger partial charge in [-0.05, 0) is 55.0 Å². The third kappa shape index (κ3) is 6.30. The molecule has 3 aromatic rings. The number of fused-ring (bicyclic) bond motifs is 1. The molecule has 2 amide bonds. The molecule has 3 heterocycles. The second kappa shape index (κ2) is 11.2. The number of pyridine rings is 1. The topological polar surface area (TPSA) is 98.0 Å². The number of ether oxygens (including phenoxy) is 2. The molecule has 1 aliphatic rings. The number of likely N-dealkylation sites (N-methyl/N-ethyl adjacent to an activating group) is 1. The first kappa shape index (κ1) is 24.5. The number of hydrogen-bond acceptors (Lipinski definition) is 7. The second-order valence-electron chi connectivity index (χ2n) is 8.57. The van der Waals surface area contributed by atoms with Gasteiger partial charge in [-0.2, -0.15) is 0 Å². The lowest BCUT2D eigenvalue weighted by atomic mass is 10.1. The summed E-state index contributed by atoms with van der Waals surface area (Å²) in [6.45, 7) is 4.10. The number of aromatic nitrogens is 1. The maximum absolute atomic E-state index is 13.2. The Hall–Kier alpha value is -3.59. The maximum Gasteiger partial charge on any atom is 0.404 e. The fraction of sp³-hybridized carbons (Fsp3) is 0.346. The van der Waals surface area contributed by atoms with Gasteiger partial charge in [0.05, 0.1) is 17.9 Å². The molecule has 35 heavy (non-hydrogen) atoms. The van der Waals surface area contributed by atoms with Gasteiger partial charge in [0, 0.05) is 43.4 Å². The molecule has 4 rings (SSSR count). The van der Waals surface area contributed by atoms with Gasteiger partial charge in [0.15, 0.2) is 0 Å². The third-order valence-corrected chi connectivity index (χ3v) is 6.91. The van der Waals surface area contributed by atoms with Gasteiger partial charge in [-0.15, -0.1) is 11.3 Å². The number of carbonyl (C=O) groups is 2. The van der Waals surface area contributed by atoms with Gasteiger partial charge in [0.1, 0.15) is 11.9 Å². The Morgan fingerprint density at radius 3 is 2.74 bits per heavy atom. The van der Waals surface area contributed by atoms with Gasteiger partial charge in [0.2, 0.25) is 0 Å². The van der Waals surface area contributed by atoms with Crippen molar-refractivity contribution in [3.63, 3.8) is 0 Å². The molecule has 8 nitrogen and oxygen atoms in total. The fourth-order valence-electron chi connectivity index (χ4n) is 4.07. The fourth-order valence-corrected chi connectivity index (χ4v) is 4.86. The lowest BCUT2D eigenvalue weighted by Crippen LogP contribution is -2.33. The maximum atomic E-state index is 13.2. The van der Waals surface area contributed by atoms with Crippen molar-refractivity contribution in [1.29, 1.82) is 0 Å². The van der Waals surface area contributed by atoms with Crippen LogP contribution in [0.4, 0.5) is 10.5 Å². The van der Waals surface area contributed by atoms with Crippen molar-refractivity contribution in [2.45, 2.75) is 32.4 Å². The highest BCUT2D eigenvalue weighted by Gasteiger charge is 2.25. The van der Waals surface area contributed by atoms with Crippen molar-refractivity contribution < 1.29 is 19.1 Å². The Bertz CT molecular complexity index is 1150. The van der Waals surface area contributed by atoms with Crippen molar-refractivity contribution in [2.75, 3.05) is 31.6 Å². The summed E-state index contributed by atoms with van der Waals surface area (Å²) in [5.74, 6) is 0.739. The first-order valence-corrected chi connectivity index (χ1v) is 12.5. The average Bonchev–Trinajstić information content (AvgIpc) is 3.35. The summed E-state index contributed by atoms with van der Waals surface area (Å²) < 4.78 is 11.1. The summed E-state index contributed by atoms with van der Waals surface area (Å²) in [6.07, 6.45) is 2.10. The number of rotatable bonds is 9. The van der Waals surface area contributed by atoms with Gasteiger partial charge in [0.25, 0.3) is 5.91 Å². The van der Waals surface area contributed by atoms with Crippen LogP contribution in [0.5, 0.6) is 5.75 Å². The molecule has 0 bridgehead atoms. The number of thiophene rings is 1. The van der Waals surface area contributed by atoms with E-state index in [1.165, 1.54) is 0 Å². The van der Waals surface area contributed by atoms with Crippen LogP contribution in [-0.4, -0.2) is 48.6 Å². The number of primary amides is 1. The first-order chi connectivity index (χ1) is 16.9. The molecular formula is C26H30N4O4S. The van der Waals surface area contributed by atoms with Crippen LogP contribution in [0.25, 0.3) is 0 Å². The number of anilines is 1. The number of amides is 2. The molecule has 0 saturated carbocycles. The van der Waals surface area contributed by atoms with E-state index < -0.39 is 6.09 Å². The molecule has 1 aromatic carbocycles. The number of nitrogens with two attached hydrogens (primary N) is 1. The van der Waals surface area contributed by atoms with Gasteiger partial charge < -0.3 is 25.0 Å². The van der Waals surface area contributed by atoms with Crippen LogP contribution < -0.4 is 15.4 Å². The Labute approximate surface area is 209 Å². The van der Waals surface area contributed by atoms with Crippen LogP contribution in [0.3, 0.4) is 0 Å².